The van der Waals surface area contributed by atoms with Gasteiger partial charge < -0.3 is 5.32 Å². The molecule has 2 atom stereocenters. The molecule has 1 aliphatic carbocycles. The molecule has 0 aliphatic heterocycles. The molecule has 2 unspecified atom stereocenters. The van der Waals surface area contributed by atoms with Gasteiger partial charge in [0.25, 0.3) is 0 Å². The highest BCUT2D eigenvalue weighted by Gasteiger charge is 2.12. The van der Waals surface area contributed by atoms with Gasteiger partial charge in [0.1, 0.15) is 12.7 Å². The normalized spacial score (nSPS) is 22.2. The van der Waals surface area contributed by atoms with Gasteiger partial charge in [-0.2, -0.15) is 5.10 Å². The summed E-state index contributed by atoms with van der Waals surface area (Å²) in [6.45, 7) is 3.19. The van der Waals surface area contributed by atoms with Crippen LogP contribution in [0.4, 0.5) is 0 Å². The Morgan fingerprint density at radius 2 is 2.44 bits per heavy atom. The van der Waals surface area contributed by atoms with E-state index in [1.165, 1.54) is 19.3 Å². The lowest BCUT2D eigenvalue weighted by Crippen LogP contribution is -2.37. The molecule has 1 heterocycles. The van der Waals surface area contributed by atoms with Crippen molar-refractivity contribution in [2.24, 2.45) is 0 Å². The van der Waals surface area contributed by atoms with Crippen LogP contribution in [0.5, 0.6) is 0 Å². The highest BCUT2D eigenvalue weighted by molar-refractivity contribution is 4.93. The second-order valence-electron chi connectivity index (χ2n) is 4.50. The molecule has 0 saturated carbocycles. The zero-order valence-corrected chi connectivity index (χ0v) is 9.84. The fourth-order valence-corrected chi connectivity index (χ4v) is 2.10. The molecule has 0 fully saturated rings. The molecule has 4 nitrogen and oxygen atoms in total. The number of hydrogen-bond acceptors (Lipinski definition) is 3. The molecule has 0 aromatic carbocycles. The molecule has 16 heavy (non-hydrogen) atoms. The zero-order valence-electron chi connectivity index (χ0n) is 9.84. The number of rotatable bonds is 5. The Bertz CT molecular complexity index is 318. The molecule has 0 bridgehead atoms. The van der Waals surface area contributed by atoms with E-state index < -0.39 is 0 Å². The van der Waals surface area contributed by atoms with Crippen LogP contribution in [-0.2, 0) is 6.54 Å². The van der Waals surface area contributed by atoms with Gasteiger partial charge in [-0.15, -0.1) is 0 Å². The number of nitrogens with one attached hydrogen (secondary N) is 1. The van der Waals surface area contributed by atoms with Crippen LogP contribution in [0.15, 0.2) is 24.8 Å². The van der Waals surface area contributed by atoms with Crippen LogP contribution in [0.1, 0.15) is 32.6 Å². The fraction of sp³-hybridized carbons (Fsp3) is 0.667. The smallest absolute Gasteiger partial charge is 0.137 e. The van der Waals surface area contributed by atoms with Crippen LogP contribution in [0.25, 0.3) is 0 Å². The van der Waals surface area contributed by atoms with Crippen molar-refractivity contribution >= 4 is 0 Å². The minimum atomic E-state index is 0.542. The van der Waals surface area contributed by atoms with Gasteiger partial charge in [-0.1, -0.05) is 12.2 Å². The van der Waals surface area contributed by atoms with Crippen molar-refractivity contribution in [1.82, 2.24) is 20.1 Å². The zero-order chi connectivity index (χ0) is 11.2. The van der Waals surface area contributed by atoms with Crippen LogP contribution in [0.2, 0.25) is 0 Å². The van der Waals surface area contributed by atoms with Gasteiger partial charge in [-0.25, -0.2) is 4.98 Å². The summed E-state index contributed by atoms with van der Waals surface area (Å²) < 4.78 is 1.89. The summed E-state index contributed by atoms with van der Waals surface area (Å²) in [6, 6.07) is 1.21. The van der Waals surface area contributed by atoms with Gasteiger partial charge in [-0.3, -0.25) is 4.68 Å². The third kappa shape index (κ3) is 3.45. The van der Waals surface area contributed by atoms with Gasteiger partial charge in [0.15, 0.2) is 0 Å². The van der Waals surface area contributed by atoms with Gasteiger partial charge in [0, 0.05) is 18.6 Å². The van der Waals surface area contributed by atoms with Crippen molar-refractivity contribution in [3.63, 3.8) is 0 Å². The molecule has 2 rings (SSSR count). The standard InChI is InChI=1S/C12H20N4/c1-11(7-8-16-10-13-9-14-16)15-12-5-3-2-4-6-12/h2-3,9-12,15H,4-8H2,1H3. The maximum atomic E-state index is 4.10. The minimum absolute atomic E-state index is 0.542. The molecule has 88 valence electrons. The van der Waals surface area contributed by atoms with E-state index in [1.807, 2.05) is 4.68 Å². The van der Waals surface area contributed by atoms with Crippen molar-refractivity contribution < 1.29 is 0 Å². The molecule has 4 heteroatoms. The summed E-state index contributed by atoms with van der Waals surface area (Å²) >= 11 is 0. The Morgan fingerprint density at radius 1 is 1.50 bits per heavy atom. The first-order chi connectivity index (χ1) is 7.84. The average Bonchev–Trinajstić information content (AvgIpc) is 2.81. The summed E-state index contributed by atoms with van der Waals surface area (Å²) in [5, 5.41) is 7.77. The highest BCUT2D eigenvalue weighted by Crippen LogP contribution is 2.11. The van der Waals surface area contributed by atoms with Crippen LogP contribution >= 0.6 is 0 Å². The Labute approximate surface area is 96.8 Å². The van der Waals surface area contributed by atoms with Crippen LogP contribution in [0, 0.1) is 0 Å². The van der Waals surface area contributed by atoms with Gasteiger partial charge >= 0.3 is 0 Å². The molecular weight excluding hydrogens is 200 g/mol. The van der Waals surface area contributed by atoms with E-state index in [4.69, 9.17) is 0 Å². The van der Waals surface area contributed by atoms with Crippen molar-refractivity contribution in [1.29, 1.82) is 0 Å². The van der Waals surface area contributed by atoms with E-state index in [9.17, 15) is 0 Å². The molecule has 1 aromatic heterocycles. The number of aryl methyl sites for hydroxylation is 1. The predicted octanol–water partition coefficient (Wildman–Crippen LogP) is 1.75. The maximum absolute atomic E-state index is 4.10. The van der Waals surface area contributed by atoms with Gasteiger partial charge in [0.2, 0.25) is 0 Å². The monoisotopic (exact) mass is 220 g/mol. The number of hydrogen-bond donors (Lipinski definition) is 1. The van der Waals surface area contributed by atoms with E-state index >= 15 is 0 Å². The topological polar surface area (TPSA) is 42.7 Å². The Morgan fingerprint density at radius 3 is 3.12 bits per heavy atom. The van der Waals surface area contributed by atoms with Crippen molar-refractivity contribution in [2.75, 3.05) is 0 Å². The Kier molecular flexibility index (Phi) is 4.10. The van der Waals surface area contributed by atoms with E-state index in [0.717, 1.165) is 13.0 Å². The lowest BCUT2D eigenvalue weighted by atomic mass is 10.0. The molecule has 0 spiro atoms. The number of nitrogens with zero attached hydrogens (tertiary/aromatic N) is 3. The summed E-state index contributed by atoms with van der Waals surface area (Å²) in [6.07, 6.45) is 12.7. The molecule has 0 amide bonds. The van der Waals surface area contributed by atoms with Crippen LogP contribution in [-0.4, -0.2) is 26.8 Å². The first-order valence-electron chi connectivity index (χ1n) is 6.08. The van der Waals surface area contributed by atoms with Crippen LogP contribution in [0.3, 0.4) is 0 Å². The van der Waals surface area contributed by atoms with Crippen molar-refractivity contribution in [3.8, 4) is 0 Å². The molecule has 1 N–H and O–H groups in total. The minimum Gasteiger partial charge on any atom is -0.311 e. The average molecular weight is 220 g/mol. The number of aromatic nitrogens is 3. The van der Waals surface area contributed by atoms with Gasteiger partial charge in [-0.05, 0) is 32.6 Å². The van der Waals surface area contributed by atoms with E-state index in [0.29, 0.717) is 12.1 Å². The third-order valence-corrected chi connectivity index (χ3v) is 3.05. The van der Waals surface area contributed by atoms with E-state index in [-0.39, 0.29) is 0 Å². The predicted molar refractivity (Wildman–Crippen MR) is 64.0 cm³/mol. The largest absolute Gasteiger partial charge is 0.311 e. The molecule has 0 saturated heterocycles. The Hall–Kier alpha value is -1.16. The number of allylic oxidation sites excluding steroid dienone is 1. The quantitative estimate of drug-likeness (QED) is 0.769. The lowest BCUT2D eigenvalue weighted by molar-refractivity contribution is 0.384. The summed E-state index contributed by atoms with van der Waals surface area (Å²) in [5.74, 6) is 0. The van der Waals surface area contributed by atoms with Crippen molar-refractivity contribution in [2.45, 2.75) is 51.2 Å². The van der Waals surface area contributed by atoms with Gasteiger partial charge in [0.05, 0.1) is 0 Å². The maximum Gasteiger partial charge on any atom is 0.137 e. The SMILES string of the molecule is CC(CCn1cncn1)NC1CC=CCC1. The summed E-state index contributed by atoms with van der Waals surface area (Å²) in [7, 11) is 0. The summed E-state index contributed by atoms with van der Waals surface area (Å²) in [4.78, 5) is 3.94. The first kappa shape index (κ1) is 11.3. The first-order valence-corrected chi connectivity index (χ1v) is 6.08. The summed E-state index contributed by atoms with van der Waals surface area (Å²) in [5.41, 5.74) is 0. The molecular formula is C12H20N4. The second-order valence-corrected chi connectivity index (χ2v) is 4.50. The van der Waals surface area contributed by atoms with E-state index in [2.05, 4.69) is 34.5 Å². The third-order valence-electron chi connectivity index (χ3n) is 3.05. The molecule has 0 radical (unpaired) electrons. The van der Waals surface area contributed by atoms with Crippen molar-refractivity contribution in [3.05, 3.63) is 24.8 Å². The second kappa shape index (κ2) is 5.80. The molecule has 1 aromatic rings. The highest BCUT2D eigenvalue weighted by atomic mass is 15.3. The van der Waals surface area contributed by atoms with E-state index in [1.54, 1.807) is 12.7 Å². The fourth-order valence-electron chi connectivity index (χ4n) is 2.10. The lowest BCUT2D eigenvalue weighted by Gasteiger charge is -2.24. The van der Waals surface area contributed by atoms with Crippen LogP contribution < -0.4 is 5.32 Å². The molecule has 1 aliphatic rings. The Balaban J connectivity index is 1.67.